The topological polar surface area (TPSA) is 0 Å². The lowest BCUT2D eigenvalue weighted by atomic mass is 10.1. The molecule has 0 unspecified atom stereocenters. The highest BCUT2D eigenvalue weighted by Gasteiger charge is 1.95. The first-order chi connectivity index (χ1) is 3.89. The highest BCUT2D eigenvalue weighted by atomic mass is 14.0. The summed E-state index contributed by atoms with van der Waals surface area (Å²) in [5.74, 6) is 1.48. The summed E-state index contributed by atoms with van der Waals surface area (Å²) in [6, 6.07) is 0. The van der Waals surface area contributed by atoms with E-state index in [9.17, 15) is 0 Å². The minimum atomic E-state index is 1.21. The Morgan fingerprint density at radius 3 is 3.12 bits per heavy atom. The zero-order valence-corrected chi connectivity index (χ0v) is 5.22. The molecule has 43 valence electrons. The highest BCUT2D eigenvalue weighted by molar-refractivity contribution is 5.17. The predicted molar refractivity (Wildman–Crippen MR) is 36.4 cm³/mol. The lowest BCUT2D eigenvalue weighted by molar-refractivity contribution is 0.904. The van der Waals surface area contributed by atoms with Crippen LogP contribution in [0, 0.1) is 5.92 Å². The van der Waals surface area contributed by atoms with Gasteiger partial charge in [0.15, 0.2) is 0 Å². The van der Waals surface area contributed by atoms with Crippen LogP contribution in [-0.4, -0.2) is 0 Å². The fraction of sp³-hybridized carbons (Fsp3) is 0.375. The molecule has 8 heavy (non-hydrogen) atoms. The van der Waals surface area contributed by atoms with Crippen LogP contribution in [0.3, 0.4) is 0 Å². The summed E-state index contributed by atoms with van der Waals surface area (Å²) in [7, 11) is 0. The van der Waals surface area contributed by atoms with Gasteiger partial charge in [-0.3, -0.25) is 0 Å². The minimum Gasteiger partial charge on any atom is -0.0845 e. The molecule has 0 spiro atoms. The van der Waals surface area contributed by atoms with E-state index >= 15 is 0 Å². The Kier molecular flexibility index (Phi) is 1.90. The van der Waals surface area contributed by atoms with Gasteiger partial charge < -0.3 is 0 Å². The Balaban J connectivity index is 2.46. The molecule has 1 radical (unpaired) electrons. The molecule has 0 bridgehead atoms. The molecule has 1 rings (SSSR count). The third kappa shape index (κ3) is 1.53. The van der Waals surface area contributed by atoms with Gasteiger partial charge in [0.25, 0.3) is 0 Å². The minimum absolute atomic E-state index is 1.21. The molecule has 0 heterocycles. The molecule has 0 nitrogen and oxygen atoms in total. The van der Waals surface area contributed by atoms with Crippen molar-refractivity contribution in [2.45, 2.75) is 19.8 Å². The first-order valence-electron chi connectivity index (χ1n) is 3.05. The largest absolute Gasteiger partial charge is 0.0845 e. The Labute approximate surface area is 50.9 Å². The van der Waals surface area contributed by atoms with Gasteiger partial charge in [-0.15, -0.1) is 0 Å². The van der Waals surface area contributed by atoms with Crippen molar-refractivity contribution in [2.75, 3.05) is 0 Å². The molecule has 0 aliphatic heterocycles. The van der Waals surface area contributed by atoms with Crippen molar-refractivity contribution < 1.29 is 0 Å². The molecule has 0 aromatic heterocycles. The zero-order chi connectivity index (χ0) is 5.82. The normalized spacial score (nSPS) is 21.1. The maximum atomic E-state index is 2.20. The molecule has 0 amide bonds. The molecule has 0 saturated heterocycles. The predicted octanol–water partition coefficient (Wildman–Crippen LogP) is 2.49. The van der Waals surface area contributed by atoms with E-state index in [2.05, 4.69) is 31.2 Å². The quantitative estimate of drug-likeness (QED) is 0.446. The second-order valence-electron chi connectivity index (χ2n) is 2.17. The van der Waals surface area contributed by atoms with Gasteiger partial charge in [0.2, 0.25) is 0 Å². The molecule has 1 aliphatic rings. The van der Waals surface area contributed by atoms with Crippen molar-refractivity contribution in [1.82, 2.24) is 0 Å². The SMILES string of the molecule is C[C]1C=CC=CCC1. The van der Waals surface area contributed by atoms with Gasteiger partial charge in [0.05, 0.1) is 0 Å². The van der Waals surface area contributed by atoms with Crippen LogP contribution in [-0.2, 0) is 0 Å². The lowest BCUT2D eigenvalue weighted by Gasteiger charge is -1.97. The van der Waals surface area contributed by atoms with Gasteiger partial charge in [-0.05, 0) is 18.8 Å². The van der Waals surface area contributed by atoms with E-state index in [4.69, 9.17) is 0 Å². The summed E-state index contributed by atoms with van der Waals surface area (Å²) in [5, 5.41) is 0. The van der Waals surface area contributed by atoms with E-state index in [1.54, 1.807) is 0 Å². The van der Waals surface area contributed by atoms with Crippen LogP contribution in [0.2, 0.25) is 0 Å². The van der Waals surface area contributed by atoms with Crippen molar-refractivity contribution in [1.29, 1.82) is 0 Å². The van der Waals surface area contributed by atoms with E-state index < -0.39 is 0 Å². The van der Waals surface area contributed by atoms with Gasteiger partial charge in [0.1, 0.15) is 0 Å². The monoisotopic (exact) mass is 107 g/mol. The number of allylic oxidation sites excluding steroid dienone is 4. The molecular formula is C8H11. The van der Waals surface area contributed by atoms with E-state index in [0.717, 1.165) is 0 Å². The first kappa shape index (κ1) is 5.61. The summed E-state index contributed by atoms with van der Waals surface area (Å²) < 4.78 is 0. The fourth-order valence-corrected chi connectivity index (χ4v) is 0.789. The number of hydrogen-bond donors (Lipinski definition) is 0. The molecule has 0 fully saturated rings. The Morgan fingerprint density at radius 2 is 2.25 bits per heavy atom. The van der Waals surface area contributed by atoms with Crippen molar-refractivity contribution in [3.8, 4) is 0 Å². The van der Waals surface area contributed by atoms with Crippen LogP contribution in [0.4, 0.5) is 0 Å². The van der Waals surface area contributed by atoms with Gasteiger partial charge >= 0.3 is 0 Å². The second kappa shape index (κ2) is 2.71. The van der Waals surface area contributed by atoms with Crippen LogP contribution in [0.25, 0.3) is 0 Å². The number of hydrogen-bond acceptors (Lipinski definition) is 0. The maximum Gasteiger partial charge on any atom is -0.00520 e. The Bertz CT molecular complexity index is 109. The second-order valence-corrected chi connectivity index (χ2v) is 2.17. The van der Waals surface area contributed by atoms with Crippen LogP contribution in [0.1, 0.15) is 19.8 Å². The summed E-state index contributed by atoms with van der Waals surface area (Å²) in [6.45, 7) is 2.17. The summed E-state index contributed by atoms with van der Waals surface area (Å²) >= 11 is 0. The maximum absolute atomic E-state index is 2.20. The van der Waals surface area contributed by atoms with Crippen LogP contribution >= 0.6 is 0 Å². The average molecular weight is 107 g/mol. The first-order valence-corrected chi connectivity index (χ1v) is 3.05. The summed E-state index contributed by atoms with van der Waals surface area (Å²) in [4.78, 5) is 0. The van der Waals surface area contributed by atoms with Crippen molar-refractivity contribution in [2.24, 2.45) is 0 Å². The average Bonchev–Trinajstić information content (AvgIpc) is 1.94. The highest BCUT2D eigenvalue weighted by Crippen LogP contribution is 2.12. The van der Waals surface area contributed by atoms with Crippen LogP contribution < -0.4 is 0 Å². The number of rotatable bonds is 0. The van der Waals surface area contributed by atoms with Gasteiger partial charge in [-0.25, -0.2) is 0 Å². The zero-order valence-electron chi connectivity index (χ0n) is 5.22. The van der Waals surface area contributed by atoms with E-state index in [0.29, 0.717) is 0 Å². The van der Waals surface area contributed by atoms with Crippen molar-refractivity contribution in [3.63, 3.8) is 0 Å². The molecule has 1 aliphatic carbocycles. The van der Waals surface area contributed by atoms with Gasteiger partial charge in [-0.1, -0.05) is 31.2 Å². The standard InChI is InChI=1S/C8H11/c1-8-6-4-2-3-5-7-8/h2-4,6H,5,7H2,1H3. The third-order valence-corrected chi connectivity index (χ3v) is 1.33. The molecule has 0 saturated carbocycles. The molecule has 0 aromatic carbocycles. The fourth-order valence-electron chi connectivity index (χ4n) is 0.789. The van der Waals surface area contributed by atoms with Crippen molar-refractivity contribution in [3.05, 3.63) is 30.2 Å². The molecular weight excluding hydrogens is 96.1 g/mol. The van der Waals surface area contributed by atoms with Gasteiger partial charge in [0, 0.05) is 0 Å². The van der Waals surface area contributed by atoms with E-state index in [-0.39, 0.29) is 0 Å². The van der Waals surface area contributed by atoms with Crippen LogP contribution in [0.15, 0.2) is 24.3 Å². The summed E-state index contributed by atoms with van der Waals surface area (Å²) in [6.07, 6.45) is 11.0. The van der Waals surface area contributed by atoms with E-state index in [1.165, 1.54) is 18.8 Å². The molecule has 0 N–H and O–H groups in total. The molecule has 0 heteroatoms. The summed E-state index contributed by atoms with van der Waals surface area (Å²) in [5.41, 5.74) is 0. The smallest absolute Gasteiger partial charge is 0.00520 e. The van der Waals surface area contributed by atoms with E-state index in [1.807, 2.05) is 0 Å². The Morgan fingerprint density at radius 1 is 1.38 bits per heavy atom. The molecule has 0 aromatic rings. The lowest BCUT2D eigenvalue weighted by Crippen LogP contribution is -1.81. The third-order valence-electron chi connectivity index (χ3n) is 1.33. The van der Waals surface area contributed by atoms with Crippen LogP contribution in [0.5, 0.6) is 0 Å². The Hall–Kier alpha value is -0.520. The molecule has 0 atom stereocenters. The van der Waals surface area contributed by atoms with Gasteiger partial charge in [-0.2, -0.15) is 0 Å². The van der Waals surface area contributed by atoms with Crippen molar-refractivity contribution >= 4 is 0 Å².